The largest absolute Gasteiger partial charge is 0.480 e. The zero-order valence-electron chi connectivity index (χ0n) is 15.0. The summed E-state index contributed by atoms with van der Waals surface area (Å²) in [5.41, 5.74) is 2.83. The van der Waals surface area contributed by atoms with Crippen LogP contribution in [0.15, 0.2) is 48.8 Å². The van der Waals surface area contributed by atoms with Gasteiger partial charge in [-0.1, -0.05) is 30.3 Å². The summed E-state index contributed by atoms with van der Waals surface area (Å²) in [7, 11) is 0. The highest BCUT2D eigenvalue weighted by atomic mass is 16.4. The van der Waals surface area contributed by atoms with Crippen LogP contribution in [0.1, 0.15) is 12.0 Å². The molecule has 1 aliphatic heterocycles. The van der Waals surface area contributed by atoms with Gasteiger partial charge < -0.3 is 15.3 Å². The molecule has 28 heavy (non-hydrogen) atoms. The Labute approximate surface area is 161 Å². The van der Waals surface area contributed by atoms with E-state index in [-0.39, 0.29) is 19.5 Å². The van der Waals surface area contributed by atoms with E-state index in [9.17, 15) is 19.2 Å². The number of pyridine rings is 1. The van der Waals surface area contributed by atoms with E-state index in [0.29, 0.717) is 0 Å². The van der Waals surface area contributed by atoms with Crippen LogP contribution in [-0.4, -0.2) is 51.6 Å². The van der Waals surface area contributed by atoms with Crippen LogP contribution in [0.4, 0.5) is 0 Å². The first-order valence-corrected chi connectivity index (χ1v) is 8.76. The van der Waals surface area contributed by atoms with Gasteiger partial charge in [0, 0.05) is 31.9 Å². The molecule has 2 amide bonds. The molecular formula is C20H19N3O5. The van der Waals surface area contributed by atoms with Gasteiger partial charge in [0.1, 0.15) is 6.54 Å². The number of Topliss-reactive ketones (excluding diaryl/α,β-unsaturated/α-hetero) is 1. The number of likely N-dealkylation sites (tertiary alicyclic amines) is 1. The highest BCUT2D eigenvalue weighted by Crippen LogP contribution is 2.21. The molecule has 144 valence electrons. The van der Waals surface area contributed by atoms with Gasteiger partial charge in [-0.2, -0.15) is 0 Å². The minimum absolute atomic E-state index is 0.0602. The van der Waals surface area contributed by atoms with Crippen molar-refractivity contribution >= 4 is 23.6 Å². The lowest BCUT2D eigenvalue weighted by Crippen LogP contribution is -2.52. The molecule has 2 heterocycles. The number of rotatable bonds is 6. The Morgan fingerprint density at radius 2 is 1.89 bits per heavy atom. The van der Waals surface area contributed by atoms with Crippen LogP contribution in [0.3, 0.4) is 0 Å². The monoisotopic (exact) mass is 381 g/mol. The van der Waals surface area contributed by atoms with Crippen molar-refractivity contribution in [3.05, 3.63) is 54.4 Å². The van der Waals surface area contributed by atoms with E-state index < -0.39 is 36.0 Å². The Hall–Kier alpha value is -3.55. The van der Waals surface area contributed by atoms with Crippen LogP contribution >= 0.6 is 0 Å². The number of piperidine rings is 1. The van der Waals surface area contributed by atoms with Crippen LogP contribution in [0.2, 0.25) is 0 Å². The van der Waals surface area contributed by atoms with Crippen molar-refractivity contribution in [3.8, 4) is 11.1 Å². The Kier molecular flexibility index (Phi) is 5.78. The summed E-state index contributed by atoms with van der Waals surface area (Å²) in [4.78, 5) is 52.8. The van der Waals surface area contributed by atoms with E-state index in [0.717, 1.165) is 16.7 Å². The molecule has 0 radical (unpaired) electrons. The number of aromatic nitrogens is 1. The zero-order valence-corrected chi connectivity index (χ0v) is 15.0. The number of carbonyl (C=O) groups is 4. The molecule has 1 aromatic carbocycles. The lowest BCUT2D eigenvalue weighted by atomic mass is 9.94. The van der Waals surface area contributed by atoms with Gasteiger partial charge >= 0.3 is 5.97 Å². The van der Waals surface area contributed by atoms with E-state index in [1.165, 1.54) is 4.90 Å². The van der Waals surface area contributed by atoms with Gasteiger partial charge in [0.05, 0.1) is 0 Å². The van der Waals surface area contributed by atoms with Gasteiger partial charge in [0.25, 0.3) is 0 Å². The van der Waals surface area contributed by atoms with Gasteiger partial charge in [-0.15, -0.1) is 0 Å². The van der Waals surface area contributed by atoms with Crippen LogP contribution in [-0.2, 0) is 25.7 Å². The number of carboxylic acids is 1. The van der Waals surface area contributed by atoms with Crippen molar-refractivity contribution < 1.29 is 24.3 Å². The first-order valence-electron chi connectivity index (χ1n) is 8.76. The quantitative estimate of drug-likeness (QED) is 0.717. The molecule has 1 fully saturated rings. The van der Waals surface area contributed by atoms with Crippen molar-refractivity contribution in [1.82, 2.24) is 15.2 Å². The molecule has 2 aromatic rings. The van der Waals surface area contributed by atoms with E-state index in [4.69, 9.17) is 5.11 Å². The maximum atomic E-state index is 12.6. The maximum absolute atomic E-state index is 12.6. The molecular weight excluding hydrogens is 362 g/mol. The van der Waals surface area contributed by atoms with Crippen LogP contribution < -0.4 is 5.32 Å². The second kappa shape index (κ2) is 8.43. The van der Waals surface area contributed by atoms with Crippen LogP contribution in [0.5, 0.6) is 0 Å². The number of nitrogens with one attached hydrogen (secondary N) is 1. The number of hydrogen-bond acceptors (Lipinski definition) is 5. The molecule has 0 bridgehead atoms. The third-order valence-corrected chi connectivity index (χ3v) is 4.51. The summed E-state index contributed by atoms with van der Waals surface area (Å²) in [6, 6.07) is 11.4. The van der Waals surface area contributed by atoms with E-state index in [1.807, 2.05) is 36.4 Å². The van der Waals surface area contributed by atoms with Crippen LogP contribution in [0, 0.1) is 5.92 Å². The Morgan fingerprint density at radius 3 is 2.54 bits per heavy atom. The molecule has 1 aliphatic rings. The summed E-state index contributed by atoms with van der Waals surface area (Å²) in [5, 5.41) is 10.8. The molecule has 8 heteroatoms. The van der Waals surface area contributed by atoms with Crippen molar-refractivity contribution in [2.45, 2.75) is 13.0 Å². The normalized spacial score (nSPS) is 16.7. The second-order valence-electron chi connectivity index (χ2n) is 6.46. The number of nitrogens with zero attached hydrogens (tertiary/aromatic N) is 2. The highest BCUT2D eigenvalue weighted by molar-refractivity contribution is 6.19. The van der Waals surface area contributed by atoms with Gasteiger partial charge in [0.15, 0.2) is 11.7 Å². The van der Waals surface area contributed by atoms with E-state index in [2.05, 4.69) is 10.3 Å². The molecule has 2 N–H and O–H groups in total. The average Bonchev–Trinajstić information content (AvgIpc) is 2.70. The summed E-state index contributed by atoms with van der Waals surface area (Å²) in [5.74, 6) is -4.68. The standard InChI is InChI=1S/C20H19N3O5/c24-16-7-9-23(20(28)18(16)19(27)22-11-17(25)26)12-13-3-5-14(6-4-13)15-2-1-8-21-10-15/h1-6,8,10,18H,7,9,11-12H2,(H,22,27)(H,25,26). The Bertz CT molecular complexity index is 896. The summed E-state index contributed by atoms with van der Waals surface area (Å²) >= 11 is 0. The minimum Gasteiger partial charge on any atom is -0.480 e. The van der Waals surface area contributed by atoms with Gasteiger partial charge in [-0.3, -0.25) is 24.2 Å². The molecule has 3 rings (SSSR count). The van der Waals surface area contributed by atoms with E-state index in [1.54, 1.807) is 12.4 Å². The molecule has 1 unspecified atom stereocenters. The summed E-state index contributed by atoms with van der Waals surface area (Å²) < 4.78 is 0. The van der Waals surface area contributed by atoms with Crippen molar-refractivity contribution in [2.24, 2.45) is 5.92 Å². The lowest BCUT2D eigenvalue weighted by Gasteiger charge is -2.30. The number of aliphatic carboxylic acids is 1. The molecule has 0 spiro atoms. The fourth-order valence-electron chi connectivity index (χ4n) is 3.06. The van der Waals surface area contributed by atoms with Crippen molar-refractivity contribution in [1.29, 1.82) is 0 Å². The maximum Gasteiger partial charge on any atom is 0.322 e. The molecule has 1 saturated heterocycles. The predicted molar refractivity (Wildman–Crippen MR) is 98.8 cm³/mol. The smallest absolute Gasteiger partial charge is 0.322 e. The number of carboxylic acid groups (broad SMARTS) is 1. The molecule has 0 aliphatic carbocycles. The van der Waals surface area contributed by atoms with E-state index >= 15 is 0 Å². The van der Waals surface area contributed by atoms with Crippen molar-refractivity contribution in [3.63, 3.8) is 0 Å². The third kappa shape index (κ3) is 4.40. The third-order valence-electron chi connectivity index (χ3n) is 4.51. The Morgan fingerprint density at radius 1 is 1.14 bits per heavy atom. The molecule has 1 aromatic heterocycles. The predicted octanol–water partition coefficient (Wildman–Crippen LogP) is 0.867. The highest BCUT2D eigenvalue weighted by Gasteiger charge is 2.40. The van der Waals surface area contributed by atoms with Crippen molar-refractivity contribution in [2.75, 3.05) is 13.1 Å². The van der Waals surface area contributed by atoms with Gasteiger partial charge in [-0.25, -0.2) is 0 Å². The fourth-order valence-corrected chi connectivity index (χ4v) is 3.06. The average molecular weight is 381 g/mol. The zero-order chi connectivity index (χ0) is 20.1. The Balaban J connectivity index is 1.68. The SMILES string of the molecule is O=C(O)CNC(=O)C1C(=O)CCN(Cc2ccc(-c3cccnc3)cc2)C1=O. The van der Waals surface area contributed by atoms with Gasteiger partial charge in [-0.05, 0) is 22.8 Å². The first kappa shape index (κ1) is 19.2. The summed E-state index contributed by atoms with van der Waals surface area (Å²) in [6.45, 7) is -0.140. The molecule has 8 nitrogen and oxygen atoms in total. The number of benzene rings is 1. The summed E-state index contributed by atoms with van der Waals surface area (Å²) in [6.07, 6.45) is 3.52. The van der Waals surface area contributed by atoms with Gasteiger partial charge in [0.2, 0.25) is 11.8 Å². The number of hydrogen-bond donors (Lipinski definition) is 2. The topological polar surface area (TPSA) is 117 Å². The first-order chi connectivity index (χ1) is 13.5. The van der Waals surface area contributed by atoms with Crippen LogP contribution in [0.25, 0.3) is 11.1 Å². The molecule has 1 atom stereocenters. The number of carbonyl (C=O) groups excluding carboxylic acids is 3. The lowest BCUT2D eigenvalue weighted by molar-refractivity contribution is -0.152. The number of amides is 2. The fraction of sp³-hybridized carbons (Fsp3) is 0.250. The minimum atomic E-state index is -1.48. The second-order valence-corrected chi connectivity index (χ2v) is 6.46. The molecule has 0 saturated carbocycles. The number of ketones is 1.